The molecular formula is C43H49N7O6. The molecule has 2 saturated heterocycles. The normalized spacial score (nSPS) is 15.4. The van der Waals surface area contributed by atoms with Crippen LogP contribution in [-0.2, 0) is 17.9 Å². The quantitative estimate of drug-likeness (QED) is 0.0805. The van der Waals surface area contributed by atoms with E-state index in [4.69, 9.17) is 34.4 Å². The van der Waals surface area contributed by atoms with Gasteiger partial charge in [-0.15, -0.1) is 0 Å². The van der Waals surface area contributed by atoms with Gasteiger partial charge in [0.2, 0.25) is 11.8 Å². The van der Waals surface area contributed by atoms with Crippen LogP contribution in [0.15, 0.2) is 59.0 Å². The second kappa shape index (κ2) is 18.3. The Kier molecular flexibility index (Phi) is 13.1. The second-order valence-electron chi connectivity index (χ2n) is 14.1. The molecule has 3 aromatic carbocycles. The number of oxazole rings is 1. The smallest absolute Gasteiger partial charge is 0.227 e. The Morgan fingerprint density at radius 3 is 2.30 bits per heavy atom. The number of ether oxygens (including phenoxy) is 2. The van der Waals surface area contributed by atoms with Crippen molar-refractivity contribution in [1.82, 2.24) is 19.8 Å². The van der Waals surface area contributed by atoms with Gasteiger partial charge in [-0.05, 0) is 92.2 Å². The Labute approximate surface area is 327 Å². The van der Waals surface area contributed by atoms with Gasteiger partial charge < -0.3 is 39.6 Å². The van der Waals surface area contributed by atoms with Gasteiger partial charge in [0.25, 0.3) is 0 Å². The molecule has 0 amide bonds. The molecule has 4 N–H and O–H groups in total. The van der Waals surface area contributed by atoms with E-state index >= 15 is 0 Å². The maximum Gasteiger partial charge on any atom is 0.227 e. The number of benzene rings is 3. The lowest BCUT2D eigenvalue weighted by Gasteiger charge is -2.30. The fourth-order valence-electron chi connectivity index (χ4n) is 7.63. The minimum atomic E-state index is -0.261. The molecule has 2 aromatic heterocycles. The van der Waals surface area contributed by atoms with Gasteiger partial charge in [0, 0.05) is 68.3 Å². The van der Waals surface area contributed by atoms with E-state index in [2.05, 4.69) is 21.2 Å². The van der Waals surface area contributed by atoms with Gasteiger partial charge in [-0.25, -0.2) is 4.98 Å². The Bertz CT molecular complexity index is 2190. The summed E-state index contributed by atoms with van der Waals surface area (Å²) in [5.74, 6) is 2.13. The van der Waals surface area contributed by atoms with Crippen molar-refractivity contribution in [2.75, 3.05) is 52.8 Å². The van der Waals surface area contributed by atoms with Crippen molar-refractivity contribution in [3.8, 4) is 40.3 Å². The van der Waals surface area contributed by atoms with Crippen LogP contribution in [0.3, 0.4) is 0 Å². The summed E-state index contributed by atoms with van der Waals surface area (Å²) in [6, 6.07) is 19.7. The van der Waals surface area contributed by atoms with Crippen LogP contribution >= 0.6 is 0 Å². The molecule has 2 fully saturated rings. The van der Waals surface area contributed by atoms with Gasteiger partial charge in [-0.2, -0.15) is 10.2 Å². The highest BCUT2D eigenvalue weighted by Gasteiger charge is 2.24. The van der Waals surface area contributed by atoms with Crippen molar-refractivity contribution < 1.29 is 28.9 Å². The van der Waals surface area contributed by atoms with E-state index in [1.165, 1.54) is 6.21 Å². The highest BCUT2D eigenvalue weighted by atomic mass is 16.5. The van der Waals surface area contributed by atoms with E-state index in [9.17, 15) is 15.2 Å². The number of likely N-dealkylation sites (tertiary alicyclic amines) is 2. The predicted octanol–water partition coefficient (Wildman–Crippen LogP) is 6.47. The molecule has 5 aromatic rings. The van der Waals surface area contributed by atoms with E-state index < -0.39 is 0 Å². The van der Waals surface area contributed by atoms with Crippen molar-refractivity contribution in [1.29, 1.82) is 10.7 Å². The largest absolute Gasteiger partial charge is 0.496 e. The molecule has 13 nitrogen and oxygen atoms in total. The maximum atomic E-state index is 11.2. The number of methoxy groups -OCH3 is 2. The number of hydrogen-bond donors (Lipinski definition) is 4. The molecule has 56 heavy (non-hydrogen) atoms. The monoisotopic (exact) mass is 759 g/mol. The average Bonchev–Trinajstić information content (AvgIpc) is 3.66. The van der Waals surface area contributed by atoms with E-state index in [0.717, 1.165) is 98.6 Å². The predicted molar refractivity (Wildman–Crippen MR) is 216 cm³/mol. The van der Waals surface area contributed by atoms with E-state index in [1.54, 1.807) is 14.2 Å². The van der Waals surface area contributed by atoms with Gasteiger partial charge in [0.05, 0.1) is 31.5 Å². The minimum Gasteiger partial charge on any atom is -0.496 e. The fourth-order valence-corrected chi connectivity index (χ4v) is 7.63. The molecule has 0 bridgehead atoms. The zero-order valence-electron chi connectivity index (χ0n) is 32.3. The van der Waals surface area contributed by atoms with Crippen molar-refractivity contribution >= 4 is 35.1 Å². The van der Waals surface area contributed by atoms with E-state index in [1.807, 2.05) is 61.5 Å². The number of aliphatic hydroxyl groups is 2. The SMILES string of the molecule is CO.COc1cc(Nc2cccc(-c3cccc(-c4nc5cc(CN6CCC(C=O)CC6)cc(C#N)c5o4)c3C)c2C=N)nc(OC)c1CN1CCC(O)CC1. The van der Waals surface area contributed by atoms with Crippen LogP contribution in [0.1, 0.15) is 53.5 Å². The lowest BCUT2D eigenvalue weighted by atomic mass is 9.92. The van der Waals surface area contributed by atoms with Crippen LogP contribution in [0.25, 0.3) is 33.7 Å². The lowest BCUT2D eigenvalue weighted by molar-refractivity contribution is -0.112. The average molecular weight is 760 g/mol. The summed E-state index contributed by atoms with van der Waals surface area (Å²) in [4.78, 5) is 25.4. The summed E-state index contributed by atoms with van der Waals surface area (Å²) < 4.78 is 17.8. The summed E-state index contributed by atoms with van der Waals surface area (Å²) in [5.41, 5.74) is 8.12. The number of carbonyl (C=O) groups excluding carboxylic acids is 1. The highest BCUT2D eigenvalue weighted by Crippen LogP contribution is 2.38. The first-order valence-corrected chi connectivity index (χ1v) is 18.8. The van der Waals surface area contributed by atoms with Gasteiger partial charge >= 0.3 is 0 Å². The third-order valence-electron chi connectivity index (χ3n) is 10.7. The van der Waals surface area contributed by atoms with Crippen LogP contribution in [-0.4, -0.2) is 96.1 Å². The third kappa shape index (κ3) is 8.59. The number of aliphatic hydroxyl groups excluding tert-OH is 2. The lowest BCUT2D eigenvalue weighted by Crippen LogP contribution is -2.35. The van der Waals surface area contributed by atoms with Crippen LogP contribution in [0.4, 0.5) is 11.5 Å². The molecule has 292 valence electrons. The second-order valence-corrected chi connectivity index (χ2v) is 14.1. The Hall–Kier alpha value is -5.65. The molecule has 13 heteroatoms. The molecule has 4 heterocycles. The highest BCUT2D eigenvalue weighted by molar-refractivity contribution is 5.98. The molecule has 0 radical (unpaired) electrons. The van der Waals surface area contributed by atoms with Crippen molar-refractivity contribution in [2.45, 2.75) is 51.8 Å². The summed E-state index contributed by atoms with van der Waals surface area (Å²) in [6.07, 6.45) is 5.28. The van der Waals surface area contributed by atoms with Gasteiger partial charge in [-0.3, -0.25) is 9.80 Å². The number of anilines is 2. The molecule has 7 rings (SSSR count). The topological polar surface area (TPSA) is 181 Å². The molecule has 0 saturated carbocycles. The number of rotatable bonds is 12. The number of aromatic nitrogens is 2. The number of piperidine rings is 2. The molecule has 0 aliphatic carbocycles. The molecule has 0 unspecified atom stereocenters. The molecule has 2 aliphatic rings. The van der Waals surface area contributed by atoms with Crippen molar-refractivity contribution in [3.63, 3.8) is 0 Å². The van der Waals surface area contributed by atoms with Crippen molar-refractivity contribution in [3.05, 3.63) is 82.4 Å². The number of fused-ring (bicyclic) bond motifs is 1. The zero-order valence-corrected chi connectivity index (χ0v) is 32.3. The first-order chi connectivity index (χ1) is 27.3. The molecular weight excluding hydrogens is 711 g/mol. The number of nitrogens with zero attached hydrogens (tertiary/aromatic N) is 5. The molecule has 2 aliphatic heterocycles. The Balaban J connectivity index is 0.00000262. The van der Waals surface area contributed by atoms with Gasteiger partial charge in [0.15, 0.2) is 5.58 Å². The Morgan fingerprint density at radius 1 is 0.946 bits per heavy atom. The van der Waals surface area contributed by atoms with Crippen LogP contribution < -0.4 is 14.8 Å². The number of nitrogens with one attached hydrogen (secondary N) is 2. The first kappa shape index (κ1) is 40.0. The molecule has 0 atom stereocenters. The minimum absolute atomic E-state index is 0.124. The third-order valence-corrected chi connectivity index (χ3v) is 10.7. The molecule has 0 spiro atoms. The number of hydrogen-bond acceptors (Lipinski definition) is 13. The van der Waals surface area contributed by atoms with E-state index in [-0.39, 0.29) is 12.0 Å². The number of aldehydes is 1. The number of nitriles is 1. The van der Waals surface area contributed by atoms with Gasteiger partial charge in [0.1, 0.15) is 29.4 Å². The summed E-state index contributed by atoms with van der Waals surface area (Å²) in [6.45, 7) is 6.50. The Morgan fingerprint density at radius 2 is 1.62 bits per heavy atom. The maximum absolute atomic E-state index is 11.2. The van der Waals surface area contributed by atoms with Crippen LogP contribution in [0, 0.1) is 29.6 Å². The number of pyridine rings is 1. The van der Waals surface area contributed by atoms with Crippen LogP contribution in [0.5, 0.6) is 11.6 Å². The summed E-state index contributed by atoms with van der Waals surface area (Å²) in [7, 11) is 4.21. The number of carbonyl (C=O) groups is 1. The van der Waals surface area contributed by atoms with Crippen LogP contribution in [0.2, 0.25) is 0 Å². The fraction of sp³-hybridized carbons (Fsp3) is 0.372. The van der Waals surface area contributed by atoms with Crippen molar-refractivity contribution in [2.24, 2.45) is 5.92 Å². The van der Waals surface area contributed by atoms with Gasteiger partial charge in [-0.1, -0.05) is 24.3 Å². The van der Waals surface area contributed by atoms with E-state index in [0.29, 0.717) is 64.3 Å². The first-order valence-electron chi connectivity index (χ1n) is 18.8. The zero-order chi connectivity index (χ0) is 39.8. The summed E-state index contributed by atoms with van der Waals surface area (Å²) in [5, 5.41) is 38.9. The summed E-state index contributed by atoms with van der Waals surface area (Å²) >= 11 is 0. The standard InChI is InChI=1S/C42H45N7O5.CH4O/c1-26-31(6-4-7-32(26)42-46-37-19-28(18-29(21-43)40(37)54-42)23-48-14-10-27(25-50)11-15-48)33-8-5-9-36(34(33)22-44)45-39-20-38(52-2)35(41(47-39)53-3)24-49-16-12-30(51)13-17-49;1-2/h4-9,18-20,22,25,27,30,44,51H,10-17,23-24H2,1-3H3,(H,45,47);2H,1H3.